The molecule has 4 atom stereocenters. The van der Waals surface area contributed by atoms with E-state index in [4.69, 9.17) is 0 Å². The average molecular weight is 550 g/mol. The fourth-order valence-corrected chi connectivity index (χ4v) is 6.51. The number of phenolic OH excluding ortho intramolecular Hbond substituents is 1. The van der Waals surface area contributed by atoms with E-state index >= 15 is 0 Å². The molecule has 2 aromatic rings. The van der Waals surface area contributed by atoms with Gasteiger partial charge in [0.1, 0.15) is 11.5 Å². The Morgan fingerprint density at radius 2 is 1.70 bits per heavy atom. The number of carbonyl (C=O) groups excluding carboxylic acids is 4. The van der Waals surface area contributed by atoms with Crippen LogP contribution in [0.4, 0.5) is 18.9 Å². The third-order valence-electron chi connectivity index (χ3n) is 8.12. The fraction of sp³-hybridized carbons (Fsp3) is 0.267. The first kappa shape index (κ1) is 25.8. The average Bonchev–Trinajstić information content (AvgIpc) is 3.16. The lowest BCUT2D eigenvalue weighted by atomic mass is 9.59. The first-order chi connectivity index (χ1) is 19.0. The maximum atomic E-state index is 13.8. The number of allylic oxidation sites excluding steroid dienone is 6. The second-order valence-corrected chi connectivity index (χ2v) is 10.3. The highest BCUT2D eigenvalue weighted by atomic mass is 19.4. The van der Waals surface area contributed by atoms with Gasteiger partial charge >= 0.3 is 6.36 Å². The van der Waals surface area contributed by atoms with E-state index in [9.17, 15) is 37.5 Å². The number of nitrogens with zero attached hydrogens (tertiary/aromatic N) is 1. The Morgan fingerprint density at radius 1 is 0.975 bits per heavy atom. The van der Waals surface area contributed by atoms with Gasteiger partial charge in [-0.3, -0.25) is 24.1 Å². The molecule has 7 nitrogen and oxygen atoms in total. The number of carbonyl (C=O) groups is 4. The van der Waals surface area contributed by atoms with Gasteiger partial charge in [-0.1, -0.05) is 29.8 Å². The summed E-state index contributed by atoms with van der Waals surface area (Å²) in [4.78, 5) is 55.0. The summed E-state index contributed by atoms with van der Waals surface area (Å²) >= 11 is 0. The molecule has 1 aliphatic heterocycles. The molecule has 4 aliphatic rings. The molecule has 204 valence electrons. The molecule has 1 saturated heterocycles. The van der Waals surface area contributed by atoms with Crippen molar-refractivity contribution >= 4 is 29.1 Å². The van der Waals surface area contributed by atoms with Gasteiger partial charge < -0.3 is 9.84 Å². The van der Waals surface area contributed by atoms with Gasteiger partial charge in [-0.2, -0.15) is 0 Å². The first-order valence-electron chi connectivity index (χ1n) is 12.7. The fourth-order valence-electron chi connectivity index (χ4n) is 6.51. The van der Waals surface area contributed by atoms with Gasteiger partial charge in [-0.05, 0) is 62.1 Å². The van der Waals surface area contributed by atoms with Gasteiger partial charge in [0, 0.05) is 28.2 Å². The van der Waals surface area contributed by atoms with Crippen molar-refractivity contribution < 1.29 is 42.2 Å². The van der Waals surface area contributed by atoms with E-state index in [1.165, 1.54) is 13.0 Å². The largest absolute Gasteiger partial charge is 0.573 e. The number of imide groups is 1. The van der Waals surface area contributed by atoms with Crippen LogP contribution in [0.1, 0.15) is 31.2 Å². The van der Waals surface area contributed by atoms with E-state index in [2.05, 4.69) is 4.74 Å². The lowest BCUT2D eigenvalue weighted by Gasteiger charge is -2.42. The van der Waals surface area contributed by atoms with E-state index in [0.717, 1.165) is 23.1 Å². The van der Waals surface area contributed by atoms with Crippen molar-refractivity contribution in [2.24, 2.45) is 17.8 Å². The van der Waals surface area contributed by atoms with Crippen molar-refractivity contribution in [2.75, 3.05) is 4.90 Å². The Bertz CT molecular complexity index is 1590. The van der Waals surface area contributed by atoms with Crippen LogP contribution in [0.3, 0.4) is 0 Å². The second-order valence-electron chi connectivity index (χ2n) is 10.3. The Labute approximate surface area is 226 Å². The van der Waals surface area contributed by atoms with Crippen LogP contribution < -0.4 is 9.64 Å². The number of Topliss-reactive ketones (excluding diaryl/α,β-unsaturated/α-hetero) is 1. The number of halogens is 3. The lowest BCUT2D eigenvalue weighted by Crippen LogP contribution is -2.39. The summed E-state index contributed by atoms with van der Waals surface area (Å²) in [6, 6.07) is 11.4. The summed E-state index contributed by atoms with van der Waals surface area (Å²) in [6.07, 6.45) is -1.91. The Balaban J connectivity index is 1.50. The predicted octanol–water partition coefficient (Wildman–Crippen LogP) is 4.92. The van der Waals surface area contributed by atoms with E-state index in [1.807, 2.05) is 0 Å². The summed E-state index contributed by atoms with van der Waals surface area (Å²) in [5, 5.41) is 10.8. The van der Waals surface area contributed by atoms with Crippen LogP contribution in [0.5, 0.6) is 11.5 Å². The number of ketones is 2. The molecule has 0 spiro atoms. The van der Waals surface area contributed by atoms with Crippen LogP contribution in [-0.4, -0.2) is 34.8 Å². The van der Waals surface area contributed by atoms with Gasteiger partial charge in [0.2, 0.25) is 11.8 Å². The lowest BCUT2D eigenvalue weighted by molar-refractivity contribution is -0.274. The zero-order chi connectivity index (χ0) is 28.5. The van der Waals surface area contributed by atoms with Gasteiger partial charge in [0.15, 0.2) is 11.6 Å². The second kappa shape index (κ2) is 9.04. The van der Waals surface area contributed by atoms with Crippen molar-refractivity contribution in [3.05, 3.63) is 88.5 Å². The van der Waals surface area contributed by atoms with E-state index in [0.29, 0.717) is 11.3 Å². The number of hydrogen-bond donors (Lipinski definition) is 1. The Morgan fingerprint density at radius 3 is 2.40 bits per heavy atom. The van der Waals surface area contributed by atoms with Crippen LogP contribution in [0.25, 0.3) is 0 Å². The van der Waals surface area contributed by atoms with Crippen molar-refractivity contribution in [1.29, 1.82) is 0 Å². The Kier molecular flexibility index (Phi) is 5.83. The van der Waals surface area contributed by atoms with Gasteiger partial charge in [-0.15, -0.1) is 13.2 Å². The standard InChI is InChI=1S/C30H22F3NO6/c1-14-11-23(36)21-13-19-17(8-9-18-25(19)29(39)34(28(18)38)15-5-3-2-4-6-15)24(26(21)27(14)37)20-12-16(7-10-22(20)35)40-30(31,32)33/h2-8,10-12,18-19,24-25,35H,9,13H2,1H3. The highest BCUT2D eigenvalue weighted by Gasteiger charge is 2.56. The molecule has 0 saturated carbocycles. The minimum absolute atomic E-state index is 0.00827. The number of phenols is 1. The normalized spacial score (nSPS) is 26.2. The molecule has 0 bridgehead atoms. The summed E-state index contributed by atoms with van der Waals surface area (Å²) in [7, 11) is 0. The van der Waals surface area contributed by atoms with Crippen molar-refractivity contribution in [3.8, 4) is 11.5 Å². The number of alkyl halides is 3. The smallest absolute Gasteiger partial charge is 0.508 e. The van der Waals surface area contributed by atoms with E-state index < -0.39 is 59.0 Å². The molecular formula is C30H22F3NO6. The molecule has 4 unspecified atom stereocenters. The monoisotopic (exact) mass is 549 g/mol. The first-order valence-corrected chi connectivity index (χ1v) is 12.7. The minimum atomic E-state index is -5.00. The summed E-state index contributed by atoms with van der Waals surface area (Å²) < 4.78 is 43.2. The molecule has 0 radical (unpaired) electrons. The molecular weight excluding hydrogens is 527 g/mol. The number of anilines is 1. The zero-order valence-corrected chi connectivity index (χ0v) is 21.1. The SMILES string of the molecule is CC1=CC(=O)C2=C(C1=O)C(c1cc(OC(F)(F)F)ccc1O)C1=CCC3C(=O)N(c4ccccc4)C(=O)C3C1C2. The van der Waals surface area contributed by atoms with E-state index in [1.54, 1.807) is 36.4 Å². The quantitative estimate of drug-likeness (QED) is 0.331. The number of fused-ring (bicyclic) bond motifs is 3. The maximum absolute atomic E-state index is 13.8. The van der Waals surface area contributed by atoms with Crippen molar-refractivity contribution in [3.63, 3.8) is 0 Å². The molecule has 2 amide bonds. The number of rotatable bonds is 3. The van der Waals surface area contributed by atoms with Crippen LogP contribution in [0.2, 0.25) is 0 Å². The van der Waals surface area contributed by atoms with E-state index in [-0.39, 0.29) is 41.0 Å². The highest BCUT2D eigenvalue weighted by molar-refractivity contribution is 6.25. The topological polar surface area (TPSA) is 101 Å². The molecule has 3 aliphatic carbocycles. The maximum Gasteiger partial charge on any atom is 0.573 e. The predicted molar refractivity (Wildman–Crippen MR) is 135 cm³/mol. The molecule has 40 heavy (non-hydrogen) atoms. The number of benzene rings is 2. The number of para-hydroxylation sites is 1. The number of hydrogen-bond acceptors (Lipinski definition) is 6. The molecule has 6 rings (SSSR count). The number of ether oxygens (including phenoxy) is 1. The minimum Gasteiger partial charge on any atom is -0.508 e. The molecule has 1 N–H and O–H groups in total. The van der Waals surface area contributed by atoms with Crippen molar-refractivity contribution in [2.45, 2.75) is 32.0 Å². The van der Waals surface area contributed by atoms with Crippen LogP contribution in [-0.2, 0) is 19.2 Å². The summed E-state index contributed by atoms with van der Waals surface area (Å²) in [5.41, 5.74) is 1.21. The molecule has 1 fully saturated rings. The molecule has 10 heteroatoms. The highest BCUT2D eigenvalue weighted by Crippen LogP contribution is 2.56. The Hall–Kier alpha value is -4.47. The van der Waals surface area contributed by atoms with Gasteiger partial charge in [0.25, 0.3) is 0 Å². The van der Waals surface area contributed by atoms with Crippen molar-refractivity contribution in [1.82, 2.24) is 0 Å². The summed E-state index contributed by atoms with van der Waals surface area (Å²) in [6.45, 7) is 1.47. The van der Waals surface area contributed by atoms with Crippen LogP contribution in [0.15, 0.2) is 83.0 Å². The third kappa shape index (κ3) is 3.97. The zero-order valence-electron chi connectivity index (χ0n) is 21.1. The molecule has 1 heterocycles. The van der Waals surface area contributed by atoms with Gasteiger partial charge in [-0.25, -0.2) is 0 Å². The summed E-state index contributed by atoms with van der Waals surface area (Å²) in [5.74, 6) is -6.11. The van der Waals surface area contributed by atoms with Crippen LogP contribution >= 0.6 is 0 Å². The van der Waals surface area contributed by atoms with Gasteiger partial charge in [0.05, 0.1) is 17.5 Å². The molecule has 0 aromatic heterocycles. The molecule has 2 aromatic carbocycles. The number of amides is 2. The third-order valence-corrected chi connectivity index (χ3v) is 8.12. The number of aromatic hydroxyl groups is 1. The van der Waals surface area contributed by atoms with Crippen LogP contribution in [0, 0.1) is 17.8 Å².